The molecule has 0 N–H and O–H groups in total. The molecule has 0 aromatic carbocycles. The van der Waals surface area contributed by atoms with Crippen molar-refractivity contribution in [3.05, 3.63) is 16.4 Å². The van der Waals surface area contributed by atoms with Gasteiger partial charge in [0.2, 0.25) is 0 Å². The van der Waals surface area contributed by atoms with Gasteiger partial charge < -0.3 is 4.84 Å². The van der Waals surface area contributed by atoms with Gasteiger partial charge in [-0.25, -0.2) is 0 Å². The van der Waals surface area contributed by atoms with Gasteiger partial charge in [-0.05, 0) is 33.6 Å². The van der Waals surface area contributed by atoms with Crippen LogP contribution in [0.15, 0.2) is 5.16 Å². The number of rotatable bonds is 4. The van der Waals surface area contributed by atoms with Crippen molar-refractivity contribution < 1.29 is 4.84 Å². The summed E-state index contributed by atoms with van der Waals surface area (Å²) in [5, 5.41) is 10.3. The fourth-order valence-electron chi connectivity index (χ4n) is 2.51. The fraction of sp³-hybridized carbons (Fsp3) is 0.714. The molecule has 1 saturated carbocycles. The van der Waals surface area contributed by atoms with E-state index in [1.165, 1.54) is 24.1 Å². The van der Waals surface area contributed by atoms with Gasteiger partial charge in [0.25, 0.3) is 0 Å². The van der Waals surface area contributed by atoms with Gasteiger partial charge in [-0.2, -0.15) is 5.10 Å². The molecule has 0 spiro atoms. The minimum absolute atomic E-state index is 0.168. The van der Waals surface area contributed by atoms with Gasteiger partial charge in [-0.3, -0.25) is 4.68 Å². The third kappa shape index (κ3) is 2.84. The molecule has 4 nitrogen and oxygen atoms in total. The standard InChI is InChI=1S/C14H20ClN3OS/c1-4-18-12(9-5-6-9)10(13(15)16-18)8-20-11-7-14(2,3)19-17-11/h9H,4-8H2,1-3H3. The van der Waals surface area contributed by atoms with Crippen LogP contribution < -0.4 is 0 Å². The Labute approximate surface area is 128 Å². The number of nitrogens with zero attached hydrogens (tertiary/aromatic N) is 3. The Bertz CT molecular complexity index is 549. The predicted octanol–water partition coefficient (Wildman–Crippen LogP) is 4.18. The Morgan fingerprint density at radius 3 is 2.75 bits per heavy atom. The van der Waals surface area contributed by atoms with Gasteiger partial charge in [0.05, 0.1) is 0 Å². The zero-order chi connectivity index (χ0) is 14.3. The SMILES string of the molecule is CCn1nc(Cl)c(CSC2=NOC(C)(C)C2)c1C1CC1. The lowest BCUT2D eigenvalue weighted by molar-refractivity contribution is 0.0123. The van der Waals surface area contributed by atoms with Crippen LogP contribution in [0, 0.1) is 0 Å². The lowest BCUT2D eigenvalue weighted by atomic mass is 10.1. The van der Waals surface area contributed by atoms with Crippen LogP contribution >= 0.6 is 23.4 Å². The highest BCUT2D eigenvalue weighted by Gasteiger charge is 2.33. The van der Waals surface area contributed by atoms with Gasteiger partial charge in [0, 0.05) is 35.9 Å². The van der Waals surface area contributed by atoms with E-state index >= 15 is 0 Å². The molecule has 2 heterocycles. The van der Waals surface area contributed by atoms with E-state index in [0.717, 1.165) is 23.8 Å². The number of aryl methyl sites for hydroxylation is 1. The molecule has 0 atom stereocenters. The molecule has 1 aliphatic carbocycles. The summed E-state index contributed by atoms with van der Waals surface area (Å²) in [6.07, 6.45) is 3.39. The third-order valence-electron chi connectivity index (χ3n) is 3.66. The van der Waals surface area contributed by atoms with Crippen molar-refractivity contribution in [1.29, 1.82) is 0 Å². The van der Waals surface area contributed by atoms with Gasteiger partial charge in [-0.1, -0.05) is 16.8 Å². The summed E-state index contributed by atoms with van der Waals surface area (Å²) >= 11 is 8.05. The fourth-order valence-corrected chi connectivity index (χ4v) is 3.98. The minimum atomic E-state index is -0.168. The summed E-state index contributed by atoms with van der Waals surface area (Å²) in [6.45, 7) is 7.11. The van der Waals surface area contributed by atoms with Crippen LogP contribution in [0.1, 0.15) is 57.2 Å². The molecular weight excluding hydrogens is 294 g/mol. The predicted molar refractivity (Wildman–Crippen MR) is 83.4 cm³/mol. The van der Waals surface area contributed by atoms with Crippen molar-refractivity contribution >= 4 is 28.4 Å². The maximum absolute atomic E-state index is 6.33. The average molecular weight is 314 g/mol. The lowest BCUT2D eigenvalue weighted by Gasteiger charge is -2.13. The largest absolute Gasteiger partial charge is 0.389 e. The number of halogens is 1. The first kappa shape index (κ1) is 14.3. The molecule has 3 rings (SSSR count). The van der Waals surface area contributed by atoms with Crippen LogP contribution in [0.4, 0.5) is 0 Å². The number of hydrogen-bond acceptors (Lipinski definition) is 4. The van der Waals surface area contributed by atoms with E-state index in [2.05, 4.69) is 35.7 Å². The summed E-state index contributed by atoms with van der Waals surface area (Å²) in [6, 6.07) is 0. The molecule has 0 amide bonds. The molecule has 1 aromatic heterocycles. The Hall–Kier alpha value is -0.680. The highest BCUT2D eigenvalue weighted by Crippen LogP contribution is 2.44. The Morgan fingerprint density at radius 1 is 1.45 bits per heavy atom. The van der Waals surface area contributed by atoms with Crippen LogP contribution in [-0.2, 0) is 17.1 Å². The van der Waals surface area contributed by atoms with Crippen LogP contribution in [0.2, 0.25) is 5.15 Å². The summed E-state index contributed by atoms with van der Waals surface area (Å²) in [5.74, 6) is 1.49. The van der Waals surface area contributed by atoms with E-state index in [9.17, 15) is 0 Å². The highest BCUT2D eigenvalue weighted by molar-refractivity contribution is 8.13. The molecule has 1 fully saturated rings. The van der Waals surface area contributed by atoms with Crippen molar-refractivity contribution in [3.8, 4) is 0 Å². The number of aromatic nitrogens is 2. The van der Waals surface area contributed by atoms with E-state index in [-0.39, 0.29) is 5.60 Å². The Kier molecular flexibility index (Phi) is 3.75. The van der Waals surface area contributed by atoms with Crippen molar-refractivity contribution in [2.45, 2.75) is 63.9 Å². The average Bonchev–Trinajstić information content (AvgIpc) is 3.10. The van der Waals surface area contributed by atoms with Crippen molar-refractivity contribution in [3.63, 3.8) is 0 Å². The van der Waals surface area contributed by atoms with Gasteiger partial charge in [0.1, 0.15) is 10.6 Å². The van der Waals surface area contributed by atoms with Gasteiger partial charge in [0.15, 0.2) is 5.15 Å². The van der Waals surface area contributed by atoms with E-state index in [4.69, 9.17) is 16.4 Å². The second kappa shape index (κ2) is 5.26. The van der Waals surface area contributed by atoms with Crippen LogP contribution in [0.3, 0.4) is 0 Å². The van der Waals surface area contributed by atoms with E-state index in [1.54, 1.807) is 11.8 Å². The maximum Gasteiger partial charge on any atom is 0.155 e. The Morgan fingerprint density at radius 2 is 2.20 bits per heavy atom. The monoisotopic (exact) mass is 313 g/mol. The van der Waals surface area contributed by atoms with E-state index < -0.39 is 0 Å². The minimum Gasteiger partial charge on any atom is -0.389 e. The second-order valence-corrected chi connectivity index (χ2v) is 7.45. The maximum atomic E-state index is 6.33. The molecule has 1 aromatic rings. The molecule has 20 heavy (non-hydrogen) atoms. The Balaban J connectivity index is 1.73. The van der Waals surface area contributed by atoms with Crippen molar-refractivity contribution in [1.82, 2.24) is 9.78 Å². The molecule has 0 unspecified atom stereocenters. The van der Waals surface area contributed by atoms with Gasteiger partial charge >= 0.3 is 0 Å². The molecule has 6 heteroatoms. The number of hydrogen-bond donors (Lipinski definition) is 0. The summed E-state index contributed by atoms with van der Waals surface area (Å²) in [5.41, 5.74) is 2.36. The second-order valence-electron chi connectivity index (χ2n) is 6.05. The van der Waals surface area contributed by atoms with Gasteiger partial charge in [-0.15, -0.1) is 11.8 Å². The quantitative estimate of drug-likeness (QED) is 0.837. The van der Waals surface area contributed by atoms with E-state index in [0.29, 0.717) is 11.1 Å². The first-order valence-corrected chi connectivity index (χ1v) is 8.49. The molecule has 0 bridgehead atoms. The molecule has 2 aliphatic rings. The van der Waals surface area contributed by atoms with Crippen LogP contribution in [0.5, 0.6) is 0 Å². The summed E-state index contributed by atoms with van der Waals surface area (Å²) < 4.78 is 2.06. The molecule has 110 valence electrons. The molecule has 0 saturated heterocycles. The van der Waals surface area contributed by atoms with E-state index in [1.807, 2.05) is 0 Å². The summed E-state index contributed by atoms with van der Waals surface area (Å²) in [4.78, 5) is 5.40. The highest BCUT2D eigenvalue weighted by atomic mass is 35.5. The number of oxime groups is 1. The van der Waals surface area contributed by atoms with Crippen molar-refractivity contribution in [2.75, 3.05) is 0 Å². The smallest absolute Gasteiger partial charge is 0.155 e. The third-order valence-corrected chi connectivity index (χ3v) is 4.95. The number of thioether (sulfide) groups is 1. The summed E-state index contributed by atoms with van der Waals surface area (Å²) in [7, 11) is 0. The lowest BCUT2D eigenvalue weighted by Crippen LogP contribution is -2.18. The molecular formula is C14H20ClN3OS. The molecule has 0 radical (unpaired) electrons. The molecule has 1 aliphatic heterocycles. The first-order chi connectivity index (χ1) is 9.50. The zero-order valence-electron chi connectivity index (χ0n) is 12.1. The first-order valence-electron chi connectivity index (χ1n) is 7.13. The van der Waals surface area contributed by atoms with Crippen molar-refractivity contribution in [2.24, 2.45) is 5.16 Å². The van der Waals surface area contributed by atoms with Crippen LogP contribution in [0.25, 0.3) is 0 Å². The van der Waals surface area contributed by atoms with Crippen LogP contribution in [-0.4, -0.2) is 20.4 Å². The zero-order valence-corrected chi connectivity index (χ0v) is 13.7. The topological polar surface area (TPSA) is 39.4 Å². The normalized spacial score (nSPS) is 20.9.